The van der Waals surface area contributed by atoms with Gasteiger partial charge in [0.1, 0.15) is 24.2 Å². The first-order chi connectivity index (χ1) is 14.3. The van der Waals surface area contributed by atoms with Crippen molar-refractivity contribution in [1.29, 1.82) is 0 Å². The van der Waals surface area contributed by atoms with Crippen LogP contribution in [0.2, 0.25) is 0 Å². The van der Waals surface area contributed by atoms with E-state index in [9.17, 15) is 34.2 Å². The summed E-state index contributed by atoms with van der Waals surface area (Å²) in [6, 6.07) is -4.87. The van der Waals surface area contributed by atoms with Crippen LogP contribution in [0.15, 0.2) is 0 Å². The maximum atomic E-state index is 12.6. The van der Waals surface area contributed by atoms with Crippen molar-refractivity contribution in [1.82, 2.24) is 16.0 Å². The van der Waals surface area contributed by atoms with E-state index >= 15 is 0 Å². The molecule has 0 aliphatic rings. The van der Waals surface area contributed by atoms with Crippen molar-refractivity contribution >= 4 is 42.2 Å². The topological polar surface area (TPSA) is 214 Å². The minimum Gasteiger partial charge on any atom is -0.480 e. The zero-order valence-corrected chi connectivity index (χ0v) is 18.7. The number of nitrogens with one attached hydrogen (secondary N) is 3. The van der Waals surface area contributed by atoms with Gasteiger partial charge in [-0.15, -0.1) is 0 Å². The molecule has 178 valence electrons. The standard InChI is InChI=1S/C18H33N5O7S/c1-8(2)6-11(15(26)21-10(18(29)30)4-5-13(19)25)22-16(27)12(7-31)23-17(28)14(20)9(3)24/h8-12,14,24,31H,4-7,20H2,1-3H3,(H2,19,25)(H,21,26)(H,22,27)(H,23,28)(H,29,30). The van der Waals surface area contributed by atoms with E-state index in [4.69, 9.17) is 11.5 Å². The number of hydrogen-bond donors (Lipinski definition) is 8. The van der Waals surface area contributed by atoms with Gasteiger partial charge in [0.25, 0.3) is 0 Å². The number of primary amides is 1. The van der Waals surface area contributed by atoms with Crippen molar-refractivity contribution in [2.75, 3.05) is 5.75 Å². The molecular formula is C18H33N5O7S. The number of aliphatic hydroxyl groups excluding tert-OH is 1. The summed E-state index contributed by atoms with van der Waals surface area (Å²) in [6.45, 7) is 4.92. The van der Waals surface area contributed by atoms with E-state index in [0.29, 0.717) is 0 Å². The Bertz CT molecular complexity index is 659. The SMILES string of the molecule is CC(C)CC(NC(=O)C(CS)NC(=O)C(N)C(C)O)C(=O)NC(CCC(N)=O)C(=O)O. The van der Waals surface area contributed by atoms with E-state index in [0.717, 1.165) is 0 Å². The smallest absolute Gasteiger partial charge is 0.326 e. The van der Waals surface area contributed by atoms with Crippen molar-refractivity contribution in [2.24, 2.45) is 17.4 Å². The molecule has 0 spiro atoms. The molecule has 0 saturated carbocycles. The minimum absolute atomic E-state index is 0.0438. The molecule has 0 saturated heterocycles. The van der Waals surface area contributed by atoms with Crippen LogP contribution in [0, 0.1) is 5.92 Å². The third kappa shape index (κ3) is 11.0. The number of carbonyl (C=O) groups is 5. The minimum atomic E-state index is -1.36. The fraction of sp³-hybridized carbons (Fsp3) is 0.722. The lowest BCUT2D eigenvalue weighted by atomic mass is 10.0. The third-order valence-electron chi connectivity index (χ3n) is 4.27. The molecule has 31 heavy (non-hydrogen) atoms. The van der Waals surface area contributed by atoms with E-state index in [1.165, 1.54) is 6.92 Å². The molecule has 13 heteroatoms. The summed E-state index contributed by atoms with van der Waals surface area (Å²) < 4.78 is 0. The van der Waals surface area contributed by atoms with Gasteiger partial charge in [-0.25, -0.2) is 4.79 Å². The summed E-state index contributed by atoms with van der Waals surface area (Å²) in [4.78, 5) is 59.5. The van der Waals surface area contributed by atoms with Crippen LogP contribution in [0.3, 0.4) is 0 Å². The highest BCUT2D eigenvalue weighted by Crippen LogP contribution is 2.08. The van der Waals surface area contributed by atoms with Gasteiger partial charge in [-0.1, -0.05) is 13.8 Å². The Labute approximate surface area is 186 Å². The second kappa shape index (κ2) is 13.8. The number of aliphatic hydroxyl groups is 1. The van der Waals surface area contributed by atoms with E-state index in [1.54, 1.807) is 13.8 Å². The molecule has 0 heterocycles. The van der Waals surface area contributed by atoms with Crippen LogP contribution in [0.1, 0.15) is 40.0 Å². The average molecular weight is 464 g/mol. The summed E-state index contributed by atoms with van der Waals surface area (Å²) in [5, 5.41) is 25.8. The highest BCUT2D eigenvalue weighted by atomic mass is 32.1. The molecule has 0 radical (unpaired) electrons. The van der Waals surface area contributed by atoms with Crippen molar-refractivity contribution in [2.45, 2.75) is 70.3 Å². The fourth-order valence-electron chi connectivity index (χ4n) is 2.47. The molecule has 0 aromatic carbocycles. The molecule has 0 aromatic rings. The van der Waals surface area contributed by atoms with Crippen molar-refractivity contribution in [3.8, 4) is 0 Å². The Hall–Kier alpha value is -2.38. The molecule has 0 aliphatic carbocycles. The number of rotatable bonds is 14. The van der Waals surface area contributed by atoms with Crippen LogP contribution in [0.5, 0.6) is 0 Å². The fourth-order valence-corrected chi connectivity index (χ4v) is 2.73. The molecular weight excluding hydrogens is 430 g/mol. The quantitative estimate of drug-likeness (QED) is 0.128. The molecule has 12 nitrogen and oxygen atoms in total. The van der Waals surface area contributed by atoms with Crippen LogP contribution < -0.4 is 27.4 Å². The highest BCUT2D eigenvalue weighted by Gasteiger charge is 2.30. The molecule has 9 N–H and O–H groups in total. The predicted molar refractivity (Wildman–Crippen MR) is 115 cm³/mol. The van der Waals surface area contributed by atoms with Gasteiger partial charge < -0.3 is 37.6 Å². The van der Waals surface area contributed by atoms with Crippen molar-refractivity contribution < 1.29 is 34.2 Å². The van der Waals surface area contributed by atoms with Crippen LogP contribution in [0.25, 0.3) is 0 Å². The molecule has 0 rings (SSSR count). The maximum Gasteiger partial charge on any atom is 0.326 e. The van der Waals surface area contributed by atoms with Gasteiger partial charge in [-0.3, -0.25) is 19.2 Å². The number of aliphatic carboxylic acids is 1. The summed E-state index contributed by atoms with van der Waals surface area (Å²) in [5.41, 5.74) is 10.6. The number of carboxylic acids is 1. The van der Waals surface area contributed by atoms with E-state index in [2.05, 4.69) is 28.6 Å². The average Bonchev–Trinajstić information content (AvgIpc) is 2.66. The maximum absolute atomic E-state index is 12.6. The van der Waals surface area contributed by atoms with Crippen molar-refractivity contribution in [3.63, 3.8) is 0 Å². The lowest BCUT2D eigenvalue weighted by Gasteiger charge is -2.25. The van der Waals surface area contributed by atoms with Crippen LogP contribution in [-0.2, 0) is 24.0 Å². The Morgan fingerprint density at radius 1 is 0.903 bits per heavy atom. The van der Waals surface area contributed by atoms with Gasteiger partial charge in [0, 0.05) is 12.2 Å². The molecule has 0 fully saturated rings. The monoisotopic (exact) mass is 463 g/mol. The second-order valence-electron chi connectivity index (χ2n) is 7.61. The molecule has 0 aliphatic heterocycles. The Balaban J connectivity index is 5.29. The molecule has 5 unspecified atom stereocenters. The lowest BCUT2D eigenvalue weighted by molar-refractivity contribution is -0.142. The zero-order chi connectivity index (χ0) is 24.3. The zero-order valence-electron chi connectivity index (χ0n) is 17.8. The molecule has 0 bridgehead atoms. The van der Waals surface area contributed by atoms with Gasteiger partial charge >= 0.3 is 5.97 Å². The normalized spacial score (nSPS) is 15.8. The molecule has 5 atom stereocenters. The van der Waals surface area contributed by atoms with E-state index < -0.39 is 59.9 Å². The Morgan fingerprint density at radius 3 is 1.81 bits per heavy atom. The summed E-state index contributed by atoms with van der Waals surface area (Å²) >= 11 is 4.02. The first-order valence-corrected chi connectivity index (χ1v) is 10.4. The van der Waals surface area contributed by atoms with Crippen LogP contribution >= 0.6 is 12.6 Å². The number of nitrogens with two attached hydrogens (primary N) is 2. The predicted octanol–water partition coefficient (Wildman–Crippen LogP) is -2.53. The number of amides is 4. The van der Waals surface area contributed by atoms with Crippen LogP contribution in [0.4, 0.5) is 0 Å². The van der Waals surface area contributed by atoms with Crippen molar-refractivity contribution in [3.05, 3.63) is 0 Å². The molecule has 4 amide bonds. The number of carbonyl (C=O) groups excluding carboxylic acids is 4. The Morgan fingerprint density at radius 2 is 1.39 bits per heavy atom. The van der Waals surface area contributed by atoms with E-state index in [1.807, 2.05) is 0 Å². The summed E-state index contributed by atoms with van der Waals surface area (Å²) in [6.07, 6.45) is -1.40. The number of hydrogen-bond acceptors (Lipinski definition) is 8. The van der Waals surface area contributed by atoms with Gasteiger partial charge in [0.05, 0.1) is 6.10 Å². The largest absolute Gasteiger partial charge is 0.480 e. The first-order valence-electron chi connectivity index (χ1n) is 9.76. The lowest BCUT2D eigenvalue weighted by Crippen LogP contribution is -2.58. The van der Waals surface area contributed by atoms with Crippen LogP contribution in [-0.4, -0.2) is 75.8 Å². The third-order valence-corrected chi connectivity index (χ3v) is 4.64. The van der Waals surface area contributed by atoms with Gasteiger partial charge in [0.15, 0.2) is 0 Å². The number of carboxylic acid groups (broad SMARTS) is 1. The first kappa shape index (κ1) is 28.6. The molecule has 0 aromatic heterocycles. The van der Waals surface area contributed by atoms with Gasteiger partial charge in [0.2, 0.25) is 23.6 Å². The highest BCUT2D eigenvalue weighted by molar-refractivity contribution is 7.80. The summed E-state index contributed by atoms with van der Waals surface area (Å²) in [7, 11) is 0. The second-order valence-corrected chi connectivity index (χ2v) is 7.97. The van der Waals surface area contributed by atoms with E-state index in [-0.39, 0.29) is 30.9 Å². The summed E-state index contributed by atoms with van der Waals surface area (Å²) in [5.74, 6) is -4.48. The number of thiol groups is 1. The van der Waals surface area contributed by atoms with Gasteiger partial charge in [-0.2, -0.15) is 12.6 Å². The Kier molecular flexibility index (Phi) is 12.8. The van der Waals surface area contributed by atoms with Gasteiger partial charge in [-0.05, 0) is 25.7 Å².